The molecule has 2 rings (SSSR count). The van der Waals surface area contributed by atoms with E-state index in [9.17, 15) is 0 Å². The standard InChI is InChI=1S/C15H28N6/c1-10(2)21-8-11(3)14(9-21)19-15(16-5)17-6-13-7-18-20-12(13)4/h7,10-11,14H,6,8-9H2,1-5H3,(H,18,20)(H2,16,17,19). The summed E-state index contributed by atoms with van der Waals surface area (Å²) < 4.78 is 0. The number of aromatic nitrogens is 2. The van der Waals surface area contributed by atoms with Crippen LogP contribution in [0.15, 0.2) is 11.2 Å². The summed E-state index contributed by atoms with van der Waals surface area (Å²) in [4.78, 5) is 6.84. The number of aliphatic imine (C=N–C) groups is 1. The van der Waals surface area contributed by atoms with Crippen molar-refractivity contribution in [3.8, 4) is 0 Å². The van der Waals surface area contributed by atoms with Crippen LogP contribution in [0, 0.1) is 12.8 Å². The number of guanidine groups is 1. The zero-order valence-corrected chi connectivity index (χ0v) is 13.8. The summed E-state index contributed by atoms with van der Waals surface area (Å²) in [5, 5.41) is 13.9. The second-order valence-corrected chi connectivity index (χ2v) is 6.22. The average molecular weight is 292 g/mol. The van der Waals surface area contributed by atoms with E-state index < -0.39 is 0 Å². The highest BCUT2D eigenvalue weighted by Gasteiger charge is 2.31. The minimum atomic E-state index is 0.448. The van der Waals surface area contributed by atoms with Crippen LogP contribution in [0.25, 0.3) is 0 Å². The maximum absolute atomic E-state index is 4.33. The zero-order chi connectivity index (χ0) is 15.4. The van der Waals surface area contributed by atoms with Gasteiger partial charge >= 0.3 is 0 Å². The maximum atomic E-state index is 4.33. The molecule has 1 aromatic heterocycles. The Bertz CT molecular complexity index is 478. The molecule has 0 aromatic carbocycles. The Labute approximate surface area is 127 Å². The van der Waals surface area contributed by atoms with Crippen LogP contribution in [0.4, 0.5) is 0 Å². The molecule has 6 nitrogen and oxygen atoms in total. The highest BCUT2D eigenvalue weighted by molar-refractivity contribution is 5.80. The van der Waals surface area contributed by atoms with Crippen LogP contribution in [-0.2, 0) is 6.54 Å². The van der Waals surface area contributed by atoms with Gasteiger partial charge in [-0.15, -0.1) is 0 Å². The topological polar surface area (TPSA) is 68.3 Å². The molecule has 1 fully saturated rings. The summed E-state index contributed by atoms with van der Waals surface area (Å²) in [6.07, 6.45) is 1.86. The monoisotopic (exact) mass is 292 g/mol. The van der Waals surface area contributed by atoms with Crippen molar-refractivity contribution >= 4 is 5.96 Å². The maximum Gasteiger partial charge on any atom is 0.191 e. The van der Waals surface area contributed by atoms with E-state index in [1.807, 2.05) is 20.2 Å². The van der Waals surface area contributed by atoms with Crippen LogP contribution in [-0.4, -0.2) is 53.3 Å². The Morgan fingerprint density at radius 2 is 2.29 bits per heavy atom. The van der Waals surface area contributed by atoms with E-state index >= 15 is 0 Å². The third-order valence-electron chi connectivity index (χ3n) is 4.30. The van der Waals surface area contributed by atoms with Gasteiger partial charge in [0.2, 0.25) is 0 Å². The Kier molecular flexibility index (Phi) is 5.22. The number of likely N-dealkylation sites (tertiary alicyclic amines) is 1. The largest absolute Gasteiger partial charge is 0.352 e. The molecule has 0 amide bonds. The van der Waals surface area contributed by atoms with Gasteiger partial charge < -0.3 is 10.6 Å². The first-order valence-electron chi connectivity index (χ1n) is 7.71. The summed E-state index contributed by atoms with van der Waals surface area (Å²) in [5.74, 6) is 1.49. The van der Waals surface area contributed by atoms with Gasteiger partial charge in [-0.05, 0) is 26.7 Å². The number of nitrogens with zero attached hydrogens (tertiary/aromatic N) is 3. The Hall–Kier alpha value is -1.56. The fourth-order valence-electron chi connectivity index (χ4n) is 2.72. The summed E-state index contributed by atoms with van der Waals surface area (Å²) in [5.41, 5.74) is 2.26. The van der Waals surface area contributed by atoms with Gasteiger partial charge in [-0.2, -0.15) is 5.10 Å². The molecule has 0 saturated carbocycles. The molecule has 2 atom stereocenters. The van der Waals surface area contributed by atoms with Gasteiger partial charge in [-0.25, -0.2) is 0 Å². The number of hydrogen-bond donors (Lipinski definition) is 3. The molecular formula is C15H28N6. The van der Waals surface area contributed by atoms with E-state index in [4.69, 9.17) is 0 Å². The third-order valence-corrected chi connectivity index (χ3v) is 4.30. The van der Waals surface area contributed by atoms with Crippen molar-refractivity contribution in [2.24, 2.45) is 10.9 Å². The van der Waals surface area contributed by atoms with Crippen molar-refractivity contribution < 1.29 is 0 Å². The van der Waals surface area contributed by atoms with Gasteiger partial charge in [0, 0.05) is 50.0 Å². The first kappa shape index (κ1) is 15.8. The van der Waals surface area contributed by atoms with Gasteiger partial charge in [0.15, 0.2) is 5.96 Å². The molecule has 1 saturated heterocycles. The van der Waals surface area contributed by atoms with E-state index in [1.165, 1.54) is 5.56 Å². The summed E-state index contributed by atoms with van der Waals surface area (Å²) in [6, 6.07) is 1.05. The van der Waals surface area contributed by atoms with Gasteiger partial charge in [-0.3, -0.25) is 15.0 Å². The van der Waals surface area contributed by atoms with E-state index in [2.05, 4.69) is 51.5 Å². The third kappa shape index (κ3) is 3.97. The van der Waals surface area contributed by atoms with Gasteiger partial charge in [-0.1, -0.05) is 6.92 Å². The van der Waals surface area contributed by atoms with Crippen LogP contribution < -0.4 is 10.6 Å². The number of H-pyrrole nitrogens is 1. The Balaban J connectivity index is 1.87. The number of aryl methyl sites for hydroxylation is 1. The Morgan fingerprint density at radius 3 is 2.81 bits per heavy atom. The molecule has 3 N–H and O–H groups in total. The molecule has 2 unspecified atom stereocenters. The van der Waals surface area contributed by atoms with Crippen molar-refractivity contribution in [3.05, 3.63) is 17.5 Å². The molecule has 0 bridgehead atoms. The molecule has 1 aliphatic rings. The quantitative estimate of drug-likeness (QED) is 0.574. The summed E-state index contributed by atoms with van der Waals surface area (Å²) >= 11 is 0. The second kappa shape index (κ2) is 6.93. The molecule has 21 heavy (non-hydrogen) atoms. The second-order valence-electron chi connectivity index (χ2n) is 6.22. The first-order chi connectivity index (χ1) is 10.0. The van der Waals surface area contributed by atoms with Crippen molar-refractivity contribution in [3.63, 3.8) is 0 Å². The number of rotatable bonds is 4. The molecule has 2 heterocycles. The molecule has 1 aliphatic heterocycles. The minimum absolute atomic E-state index is 0.448. The fourth-order valence-corrected chi connectivity index (χ4v) is 2.72. The van der Waals surface area contributed by atoms with E-state index in [0.717, 1.165) is 31.3 Å². The van der Waals surface area contributed by atoms with Crippen molar-refractivity contribution in [2.75, 3.05) is 20.1 Å². The molecule has 1 aromatic rings. The average Bonchev–Trinajstić information content (AvgIpc) is 3.01. The normalized spacial score (nSPS) is 23.8. The molecule has 6 heteroatoms. The van der Waals surface area contributed by atoms with Gasteiger partial charge in [0.1, 0.15) is 0 Å². The van der Waals surface area contributed by atoms with Crippen LogP contribution in [0.1, 0.15) is 32.0 Å². The van der Waals surface area contributed by atoms with Gasteiger partial charge in [0.25, 0.3) is 0 Å². The van der Waals surface area contributed by atoms with Crippen molar-refractivity contribution in [2.45, 2.75) is 46.3 Å². The SMILES string of the molecule is CN=C(NCc1cn[nH]c1C)NC1CN(C(C)C)CC1C. The first-order valence-corrected chi connectivity index (χ1v) is 7.71. The lowest BCUT2D eigenvalue weighted by molar-refractivity contribution is 0.265. The molecular weight excluding hydrogens is 264 g/mol. The summed E-state index contributed by atoms with van der Waals surface area (Å²) in [6.45, 7) is 11.8. The van der Waals surface area contributed by atoms with Crippen LogP contribution >= 0.6 is 0 Å². The molecule has 118 valence electrons. The number of aromatic amines is 1. The van der Waals surface area contributed by atoms with Crippen LogP contribution in [0.5, 0.6) is 0 Å². The van der Waals surface area contributed by atoms with Crippen molar-refractivity contribution in [1.82, 2.24) is 25.7 Å². The highest BCUT2D eigenvalue weighted by atomic mass is 15.3. The summed E-state index contributed by atoms with van der Waals surface area (Å²) in [7, 11) is 1.82. The lowest BCUT2D eigenvalue weighted by atomic mass is 10.1. The molecule has 0 radical (unpaired) electrons. The predicted molar refractivity (Wildman–Crippen MR) is 86.3 cm³/mol. The zero-order valence-electron chi connectivity index (χ0n) is 13.8. The Morgan fingerprint density at radius 1 is 1.52 bits per heavy atom. The minimum Gasteiger partial charge on any atom is -0.352 e. The van der Waals surface area contributed by atoms with Crippen molar-refractivity contribution in [1.29, 1.82) is 0 Å². The fraction of sp³-hybridized carbons (Fsp3) is 0.733. The predicted octanol–water partition coefficient (Wildman–Crippen LogP) is 1.11. The van der Waals surface area contributed by atoms with Gasteiger partial charge in [0.05, 0.1) is 6.20 Å². The van der Waals surface area contributed by atoms with E-state index in [1.54, 1.807) is 0 Å². The molecule has 0 aliphatic carbocycles. The highest BCUT2D eigenvalue weighted by Crippen LogP contribution is 2.18. The van der Waals surface area contributed by atoms with E-state index in [-0.39, 0.29) is 0 Å². The smallest absolute Gasteiger partial charge is 0.191 e. The lowest BCUT2D eigenvalue weighted by Gasteiger charge is -2.21. The van der Waals surface area contributed by atoms with Crippen LogP contribution in [0.3, 0.4) is 0 Å². The molecule has 0 spiro atoms. The van der Waals surface area contributed by atoms with Crippen LogP contribution in [0.2, 0.25) is 0 Å². The number of nitrogens with one attached hydrogen (secondary N) is 3. The number of hydrogen-bond acceptors (Lipinski definition) is 3. The lowest BCUT2D eigenvalue weighted by Crippen LogP contribution is -2.46. The van der Waals surface area contributed by atoms with E-state index in [0.29, 0.717) is 18.0 Å².